The molecule has 0 fully saturated rings. The van der Waals surface area contributed by atoms with Crippen LogP contribution in [0.1, 0.15) is 25.5 Å². The summed E-state index contributed by atoms with van der Waals surface area (Å²) in [6.45, 7) is 4.97. The van der Waals surface area contributed by atoms with E-state index in [1.807, 2.05) is 19.1 Å². The molecule has 2 aromatic carbocycles. The van der Waals surface area contributed by atoms with Gasteiger partial charge in [-0.1, -0.05) is 36.4 Å². The predicted octanol–water partition coefficient (Wildman–Crippen LogP) is 3.16. The van der Waals surface area contributed by atoms with Crippen LogP contribution in [0.5, 0.6) is 0 Å². The van der Waals surface area contributed by atoms with E-state index in [4.69, 9.17) is 0 Å². The maximum atomic E-state index is 11.7. The summed E-state index contributed by atoms with van der Waals surface area (Å²) in [7, 11) is 3.46. The fourth-order valence-electron chi connectivity index (χ4n) is 2.37. The molecule has 0 aliphatic rings. The van der Waals surface area contributed by atoms with Gasteiger partial charge < -0.3 is 15.5 Å². The zero-order chi connectivity index (χ0) is 17.5. The number of fused-ring (bicyclic) bond motifs is 1. The molecule has 0 saturated heterocycles. The molecule has 0 radical (unpaired) electrons. The van der Waals surface area contributed by atoms with Gasteiger partial charge in [-0.2, -0.15) is 0 Å². The Balaban J connectivity index is 0.00000312. The van der Waals surface area contributed by atoms with Gasteiger partial charge in [0.15, 0.2) is 5.96 Å². The Labute approximate surface area is 166 Å². The molecule has 1 amide bonds. The Kier molecular flexibility index (Phi) is 8.68. The molecule has 2 rings (SSSR count). The number of aliphatic imine (C=N–C) groups is 1. The Morgan fingerprint density at radius 3 is 2.48 bits per heavy atom. The highest BCUT2D eigenvalue weighted by Gasteiger charge is 2.09. The van der Waals surface area contributed by atoms with Crippen molar-refractivity contribution in [3.8, 4) is 0 Å². The summed E-state index contributed by atoms with van der Waals surface area (Å²) >= 11 is 0. The van der Waals surface area contributed by atoms with Gasteiger partial charge in [-0.3, -0.25) is 4.79 Å². The Morgan fingerprint density at radius 1 is 1.16 bits per heavy atom. The first-order chi connectivity index (χ1) is 11.5. The number of rotatable bonds is 5. The normalized spacial score (nSPS) is 12.2. The second-order valence-corrected chi connectivity index (χ2v) is 5.96. The summed E-state index contributed by atoms with van der Waals surface area (Å²) in [6.07, 6.45) is 0. The van der Waals surface area contributed by atoms with Crippen LogP contribution in [0.3, 0.4) is 0 Å². The fourth-order valence-corrected chi connectivity index (χ4v) is 2.37. The minimum atomic E-state index is -0.0226. The number of hydrogen-bond acceptors (Lipinski definition) is 2. The molecule has 0 heterocycles. The summed E-state index contributed by atoms with van der Waals surface area (Å²) in [4.78, 5) is 17.6. The highest BCUT2D eigenvalue weighted by molar-refractivity contribution is 14.0. The standard InChI is InChI=1S/C19H26N4O.HI/c1-5-20-19(21-13-18(24)23(3)4)22-14(2)16-11-10-15-8-6-7-9-17(15)12-16;/h6-12,14H,5,13H2,1-4H3,(H2,20,21,22);1H. The van der Waals surface area contributed by atoms with Crippen molar-refractivity contribution in [1.82, 2.24) is 15.5 Å². The number of guanidine groups is 1. The molecular weight excluding hydrogens is 427 g/mol. The summed E-state index contributed by atoms with van der Waals surface area (Å²) < 4.78 is 0. The van der Waals surface area contributed by atoms with Crippen LogP contribution in [0, 0.1) is 0 Å². The first-order valence-electron chi connectivity index (χ1n) is 8.25. The van der Waals surface area contributed by atoms with Gasteiger partial charge in [-0.15, -0.1) is 24.0 Å². The van der Waals surface area contributed by atoms with Crippen LogP contribution in [0.25, 0.3) is 10.8 Å². The highest BCUT2D eigenvalue weighted by Crippen LogP contribution is 2.20. The lowest BCUT2D eigenvalue weighted by Gasteiger charge is -2.19. The molecule has 0 aromatic heterocycles. The van der Waals surface area contributed by atoms with Crippen LogP contribution < -0.4 is 10.6 Å². The largest absolute Gasteiger partial charge is 0.357 e. The third-order valence-electron chi connectivity index (χ3n) is 3.84. The molecule has 1 atom stereocenters. The van der Waals surface area contributed by atoms with Crippen LogP contribution >= 0.6 is 24.0 Å². The van der Waals surface area contributed by atoms with Crippen LogP contribution in [-0.4, -0.2) is 44.0 Å². The molecule has 2 N–H and O–H groups in total. The fraction of sp³-hybridized carbons (Fsp3) is 0.368. The number of halogens is 1. The third-order valence-corrected chi connectivity index (χ3v) is 3.84. The Morgan fingerprint density at radius 2 is 1.84 bits per heavy atom. The maximum Gasteiger partial charge on any atom is 0.243 e. The van der Waals surface area contributed by atoms with E-state index in [0.29, 0.717) is 5.96 Å². The van der Waals surface area contributed by atoms with Crippen molar-refractivity contribution in [2.45, 2.75) is 19.9 Å². The number of carbonyl (C=O) groups excluding carboxylic acids is 1. The number of amides is 1. The SMILES string of the molecule is CCNC(=NCC(=O)N(C)C)NC(C)c1ccc2ccccc2c1.I. The number of benzene rings is 2. The summed E-state index contributed by atoms with van der Waals surface area (Å²) in [5, 5.41) is 8.99. The monoisotopic (exact) mass is 454 g/mol. The van der Waals surface area contributed by atoms with Crippen LogP contribution in [0.4, 0.5) is 0 Å². The molecule has 1 unspecified atom stereocenters. The molecule has 0 bridgehead atoms. The molecule has 6 heteroatoms. The summed E-state index contributed by atoms with van der Waals surface area (Å²) in [5.41, 5.74) is 1.18. The third kappa shape index (κ3) is 6.19. The van der Waals surface area contributed by atoms with Crippen LogP contribution in [-0.2, 0) is 4.79 Å². The van der Waals surface area contributed by atoms with Gasteiger partial charge in [0.2, 0.25) is 5.91 Å². The van der Waals surface area contributed by atoms with Gasteiger partial charge in [-0.05, 0) is 36.2 Å². The quantitative estimate of drug-likeness (QED) is 0.415. The highest BCUT2D eigenvalue weighted by atomic mass is 127. The van der Waals surface area contributed by atoms with E-state index in [-0.39, 0.29) is 42.5 Å². The van der Waals surface area contributed by atoms with Gasteiger partial charge >= 0.3 is 0 Å². The molecule has 0 saturated carbocycles. The minimum absolute atomic E-state index is 0. The molecule has 0 aliphatic carbocycles. The van der Waals surface area contributed by atoms with E-state index in [0.717, 1.165) is 6.54 Å². The van der Waals surface area contributed by atoms with Crippen molar-refractivity contribution in [1.29, 1.82) is 0 Å². The van der Waals surface area contributed by atoms with E-state index in [9.17, 15) is 4.79 Å². The molecule has 136 valence electrons. The van der Waals surface area contributed by atoms with Crippen LogP contribution in [0.2, 0.25) is 0 Å². The van der Waals surface area contributed by atoms with E-state index in [2.05, 4.69) is 52.9 Å². The van der Waals surface area contributed by atoms with Crippen molar-refractivity contribution < 1.29 is 4.79 Å². The first-order valence-corrected chi connectivity index (χ1v) is 8.25. The van der Waals surface area contributed by atoms with Crippen molar-refractivity contribution in [3.63, 3.8) is 0 Å². The number of hydrogen-bond donors (Lipinski definition) is 2. The number of carbonyl (C=O) groups is 1. The summed E-state index contributed by atoms with van der Waals surface area (Å²) in [5.74, 6) is 0.624. The lowest BCUT2D eigenvalue weighted by atomic mass is 10.0. The lowest BCUT2D eigenvalue weighted by Crippen LogP contribution is -2.39. The number of nitrogens with zero attached hydrogens (tertiary/aromatic N) is 2. The van der Waals surface area contributed by atoms with E-state index < -0.39 is 0 Å². The first kappa shape index (κ1) is 21.2. The van der Waals surface area contributed by atoms with Crippen molar-refractivity contribution in [2.75, 3.05) is 27.2 Å². The second-order valence-electron chi connectivity index (χ2n) is 5.96. The Bertz CT molecular complexity index is 730. The Hall–Kier alpha value is -1.83. The van der Waals surface area contributed by atoms with E-state index in [1.54, 1.807) is 19.0 Å². The average Bonchev–Trinajstić information content (AvgIpc) is 2.58. The van der Waals surface area contributed by atoms with Gasteiger partial charge in [-0.25, -0.2) is 4.99 Å². The zero-order valence-electron chi connectivity index (χ0n) is 15.2. The second kappa shape index (κ2) is 10.2. The molecule has 0 aliphatic heterocycles. The average molecular weight is 454 g/mol. The summed E-state index contributed by atoms with van der Waals surface area (Å²) in [6, 6.07) is 14.8. The van der Waals surface area contributed by atoms with E-state index >= 15 is 0 Å². The number of nitrogens with one attached hydrogen (secondary N) is 2. The van der Waals surface area contributed by atoms with Gasteiger partial charge in [0, 0.05) is 20.6 Å². The lowest BCUT2D eigenvalue weighted by molar-refractivity contribution is -0.127. The molecule has 2 aromatic rings. The molecular formula is C19H27IN4O. The van der Waals surface area contributed by atoms with Gasteiger partial charge in [0.25, 0.3) is 0 Å². The van der Waals surface area contributed by atoms with Crippen molar-refractivity contribution in [2.24, 2.45) is 4.99 Å². The minimum Gasteiger partial charge on any atom is -0.357 e. The number of likely N-dealkylation sites (N-methyl/N-ethyl adjacent to an activating group) is 1. The molecule has 25 heavy (non-hydrogen) atoms. The van der Waals surface area contributed by atoms with Crippen molar-refractivity contribution >= 4 is 46.6 Å². The molecule has 5 nitrogen and oxygen atoms in total. The zero-order valence-corrected chi connectivity index (χ0v) is 17.6. The smallest absolute Gasteiger partial charge is 0.243 e. The van der Waals surface area contributed by atoms with Crippen LogP contribution in [0.15, 0.2) is 47.5 Å². The topological polar surface area (TPSA) is 56.7 Å². The van der Waals surface area contributed by atoms with Gasteiger partial charge in [0.1, 0.15) is 6.54 Å². The van der Waals surface area contributed by atoms with Gasteiger partial charge in [0.05, 0.1) is 6.04 Å². The molecule has 0 spiro atoms. The predicted molar refractivity (Wildman–Crippen MR) is 116 cm³/mol. The maximum absolute atomic E-state index is 11.7. The van der Waals surface area contributed by atoms with Crippen molar-refractivity contribution in [3.05, 3.63) is 48.0 Å². The van der Waals surface area contributed by atoms with E-state index in [1.165, 1.54) is 16.3 Å².